The number of rotatable bonds is 15. The summed E-state index contributed by atoms with van der Waals surface area (Å²) < 4.78 is 0. The topological polar surface area (TPSA) is 66.4 Å². The smallest absolute Gasteiger partial charge is 0.326 e. The highest BCUT2D eigenvalue weighted by Gasteiger charge is 2.19. The first kappa shape index (κ1) is 22.2. The molecule has 4 heteroatoms. The van der Waals surface area contributed by atoms with Crippen LogP contribution in [0.4, 0.5) is 0 Å². The molecule has 1 aromatic carbocycles. The highest BCUT2D eigenvalue weighted by molar-refractivity contribution is 5.83. The van der Waals surface area contributed by atoms with Gasteiger partial charge in [-0.2, -0.15) is 0 Å². The Kier molecular flexibility index (Phi) is 12.2. The number of carboxylic acid groups (broad SMARTS) is 1. The van der Waals surface area contributed by atoms with Gasteiger partial charge in [-0.3, -0.25) is 4.79 Å². The summed E-state index contributed by atoms with van der Waals surface area (Å²) in [7, 11) is 0. The molecule has 0 spiro atoms. The predicted octanol–water partition coefficient (Wildman–Crippen LogP) is 5.11. The van der Waals surface area contributed by atoms with Gasteiger partial charge in [0.25, 0.3) is 0 Å². The summed E-state index contributed by atoms with van der Waals surface area (Å²) in [4.78, 5) is 23.4. The minimum absolute atomic E-state index is 0.159. The number of aliphatic carboxylic acids is 1. The third kappa shape index (κ3) is 10.9. The first-order valence-corrected chi connectivity index (χ1v) is 10.2. The second kappa shape index (κ2) is 14.3. The molecule has 0 aliphatic rings. The average Bonchev–Trinajstić information content (AvgIpc) is 2.63. The lowest BCUT2D eigenvalue weighted by molar-refractivity contribution is -0.141. The Balaban J connectivity index is 2.11. The molecule has 1 aromatic rings. The number of hydrogen-bond acceptors (Lipinski definition) is 2. The molecule has 0 saturated heterocycles. The van der Waals surface area contributed by atoms with Crippen molar-refractivity contribution >= 4 is 11.9 Å². The molecule has 0 aliphatic heterocycles. The van der Waals surface area contributed by atoms with Crippen molar-refractivity contribution in [3.05, 3.63) is 35.9 Å². The van der Waals surface area contributed by atoms with Crippen molar-refractivity contribution in [3.8, 4) is 0 Å². The van der Waals surface area contributed by atoms with Crippen LogP contribution in [0.2, 0.25) is 0 Å². The minimum atomic E-state index is -0.981. The van der Waals surface area contributed by atoms with Crippen LogP contribution in [0, 0.1) is 0 Å². The Bertz CT molecular complexity index is 501. The van der Waals surface area contributed by atoms with Crippen LogP contribution in [0.3, 0.4) is 0 Å². The van der Waals surface area contributed by atoms with Gasteiger partial charge in [0.1, 0.15) is 6.04 Å². The zero-order chi connectivity index (χ0) is 19.0. The van der Waals surface area contributed by atoms with Crippen LogP contribution in [0.15, 0.2) is 30.3 Å². The van der Waals surface area contributed by atoms with E-state index in [1.165, 1.54) is 44.9 Å². The van der Waals surface area contributed by atoms with Crippen molar-refractivity contribution in [2.75, 3.05) is 0 Å². The normalized spacial score (nSPS) is 11.9. The third-order valence-electron chi connectivity index (χ3n) is 4.67. The number of carbonyl (C=O) groups excluding carboxylic acids is 1. The maximum Gasteiger partial charge on any atom is 0.326 e. The highest BCUT2D eigenvalue weighted by Crippen LogP contribution is 2.11. The first-order valence-electron chi connectivity index (χ1n) is 10.2. The van der Waals surface area contributed by atoms with Gasteiger partial charge in [0.2, 0.25) is 5.91 Å². The molecule has 146 valence electrons. The van der Waals surface area contributed by atoms with Crippen LogP contribution in [0.1, 0.15) is 83.1 Å². The Hall–Kier alpha value is -1.84. The molecule has 4 nitrogen and oxygen atoms in total. The maximum atomic E-state index is 12.0. The largest absolute Gasteiger partial charge is 0.480 e. The summed E-state index contributed by atoms with van der Waals surface area (Å²) in [6, 6.07) is 8.55. The fourth-order valence-electron chi connectivity index (χ4n) is 3.09. The third-order valence-corrected chi connectivity index (χ3v) is 4.67. The van der Waals surface area contributed by atoms with Crippen molar-refractivity contribution < 1.29 is 14.7 Å². The number of hydrogen-bond donors (Lipinski definition) is 2. The molecular formula is C22H35NO3. The Morgan fingerprint density at radius 3 is 1.96 bits per heavy atom. The summed E-state index contributed by atoms with van der Waals surface area (Å²) >= 11 is 0. The second-order valence-corrected chi connectivity index (χ2v) is 7.08. The van der Waals surface area contributed by atoms with Gasteiger partial charge in [-0.25, -0.2) is 4.79 Å². The molecular weight excluding hydrogens is 326 g/mol. The number of amides is 1. The van der Waals surface area contributed by atoms with Crippen LogP contribution >= 0.6 is 0 Å². The van der Waals surface area contributed by atoms with E-state index >= 15 is 0 Å². The standard InChI is InChI=1S/C22H35NO3/c1-2-3-4-5-6-7-8-9-10-14-17-21(24)23-20(22(25)26)18-19-15-12-11-13-16-19/h11-13,15-16,20H,2-10,14,17-18H2,1H3,(H,23,24)(H,25,26)/t20-/m0/s1. The van der Waals surface area contributed by atoms with Gasteiger partial charge in [0.05, 0.1) is 0 Å². The van der Waals surface area contributed by atoms with Crippen molar-refractivity contribution in [2.45, 2.75) is 90.0 Å². The fourth-order valence-corrected chi connectivity index (χ4v) is 3.09. The van der Waals surface area contributed by atoms with Crippen LogP contribution in [-0.2, 0) is 16.0 Å². The quantitative estimate of drug-likeness (QED) is 0.427. The molecule has 1 amide bonds. The Labute approximate surface area is 158 Å². The van der Waals surface area contributed by atoms with E-state index < -0.39 is 12.0 Å². The molecule has 0 unspecified atom stereocenters. The van der Waals surface area contributed by atoms with E-state index in [4.69, 9.17) is 0 Å². The molecule has 0 aliphatic carbocycles. The van der Waals surface area contributed by atoms with Gasteiger partial charge in [0.15, 0.2) is 0 Å². The van der Waals surface area contributed by atoms with Crippen LogP contribution in [0.25, 0.3) is 0 Å². The van der Waals surface area contributed by atoms with Gasteiger partial charge < -0.3 is 10.4 Å². The van der Waals surface area contributed by atoms with E-state index in [1.807, 2.05) is 30.3 Å². The number of carboxylic acids is 1. The number of nitrogens with one attached hydrogen (secondary N) is 1. The summed E-state index contributed by atoms with van der Waals surface area (Å²) in [5.74, 6) is -1.14. The molecule has 0 fully saturated rings. The zero-order valence-corrected chi connectivity index (χ0v) is 16.2. The monoisotopic (exact) mass is 361 g/mol. The molecule has 1 rings (SSSR count). The second-order valence-electron chi connectivity index (χ2n) is 7.08. The lowest BCUT2D eigenvalue weighted by atomic mass is 10.0. The molecule has 1 atom stereocenters. The first-order chi connectivity index (χ1) is 12.6. The maximum absolute atomic E-state index is 12.0. The number of unbranched alkanes of at least 4 members (excludes halogenated alkanes) is 9. The highest BCUT2D eigenvalue weighted by atomic mass is 16.4. The van der Waals surface area contributed by atoms with E-state index in [9.17, 15) is 14.7 Å². The molecule has 26 heavy (non-hydrogen) atoms. The lowest BCUT2D eigenvalue weighted by Gasteiger charge is -2.14. The minimum Gasteiger partial charge on any atom is -0.480 e. The van der Waals surface area contributed by atoms with Crippen LogP contribution in [0.5, 0.6) is 0 Å². The Morgan fingerprint density at radius 2 is 1.42 bits per heavy atom. The summed E-state index contributed by atoms with van der Waals surface area (Å²) in [5, 5.41) is 12.0. The zero-order valence-electron chi connectivity index (χ0n) is 16.2. The van der Waals surface area contributed by atoms with E-state index in [0.717, 1.165) is 24.8 Å². The number of carbonyl (C=O) groups is 2. The average molecular weight is 362 g/mol. The Morgan fingerprint density at radius 1 is 0.885 bits per heavy atom. The van der Waals surface area contributed by atoms with Crippen LogP contribution < -0.4 is 5.32 Å². The SMILES string of the molecule is CCCCCCCCCCCCC(=O)N[C@@H](Cc1ccccc1)C(=O)O. The van der Waals surface area contributed by atoms with Gasteiger partial charge >= 0.3 is 5.97 Å². The predicted molar refractivity (Wildman–Crippen MR) is 106 cm³/mol. The summed E-state index contributed by atoms with van der Waals surface area (Å²) in [6.07, 6.45) is 12.9. The van der Waals surface area contributed by atoms with Crippen molar-refractivity contribution in [1.29, 1.82) is 0 Å². The lowest BCUT2D eigenvalue weighted by Crippen LogP contribution is -2.42. The van der Waals surface area contributed by atoms with Gasteiger partial charge in [0, 0.05) is 12.8 Å². The van der Waals surface area contributed by atoms with Crippen molar-refractivity contribution in [3.63, 3.8) is 0 Å². The van der Waals surface area contributed by atoms with Crippen molar-refractivity contribution in [2.24, 2.45) is 0 Å². The van der Waals surface area contributed by atoms with E-state index in [1.54, 1.807) is 0 Å². The summed E-state index contributed by atoms with van der Waals surface area (Å²) in [6.45, 7) is 2.23. The molecule has 0 saturated carbocycles. The molecule has 0 heterocycles. The van der Waals surface area contributed by atoms with E-state index in [0.29, 0.717) is 12.8 Å². The molecule has 0 radical (unpaired) electrons. The fraction of sp³-hybridized carbons (Fsp3) is 0.636. The molecule has 2 N–H and O–H groups in total. The summed E-state index contributed by atoms with van der Waals surface area (Å²) in [5.41, 5.74) is 0.916. The van der Waals surface area contributed by atoms with Crippen LogP contribution in [-0.4, -0.2) is 23.0 Å². The molecule has 0 aromatic heterocycles. The van der Waals surface area contributed by atoms with Gasteiger partial charge in [-0.05, 0) is 12.0 Å². The van der Waals surface area contributed by atoms with Gasteiger partial charge in [-0.1, -0.05) is 95.0 Å². The van der Waals surface area contributed by atoms with Gasteiger partial charge in [-0.15, -0.1) is 0 Å². The number of benzene rings is 1. The van der Waals surface area contributed by atoms with E-state index in [-0.39, 0.29) is 5.91 Å². The van der Waals surface area contributed by atoms with Crippen molar-refractivity contribution in [1.82, 2.24) is 5.32 Å². The van der Waals surface area contributed by atoms with E-state index in [2.05, 4.69) is 12.2 Å². The molecule has 0 bridgehead atoms.